The summed E-state index contributed by atoms with van der Waals surface area (Å²) in [6, 6.07) is 6.26. The lowest BCUT2D eigenvalue weighted by Crippen LogP contribution is -2.20. The van der Waals surface area contributed by atoms with Crippen molar-refractivity contribution in [2.75, 3.05) is 13.2 Å². The number of benzene rings is 1. The van der Waals surface area contributed by atoms with Crippen molar-refractivity contribution in [3.05, 3.63) is 23.8 Å². The lowest BCUT2D eigenvalue weighted by molar-refractivity contribution is 0.171. The standard InChI is InChI=1S/C14H19NO2.ClH/c15-14(10-3-1-2-4-10)11-5-6-12-13(9-11)17-8-7-16-12;/h5-6,9-10,14H,1-4,7-8,15H2;1H/t14-;/m1./s1. The highest BCUT2D eigenvalue weighted by atomic mass is 35.5. The van der Waals surface area contributed by atoms with Crippen LogP contribution >= 0.6 is 12.4 Å². The summed E-state index contributed by atoms with van der Waals surface area (Å²) >= 11 is 0. The van der Waals surface area contributed by atoms with Gasteiger partial charge in [-0.2, -0.15) is 0 Å². The number of hydrogen-bond donors (Lipinski definition) is 1. The molecule has 0 aromatic heterocycles. The summed E-state index contributed by atoms with van der Waals surface area (Å²) in [6.07, 6.45) is 5.16. The minimum atomic E-state index is 0. The summed E-state index contributed by atoms with van der Waals surface area (Å²) in [5.41, 5.74) is 7.52. The van der Waals surface area contributed by atoms with Crippen molar-refractivity contribution >= 4 is 12.4 Å². The number of hydrogen-bond acceptors (Lipinski definition) is 3. The van der Waals surface area contributed by atoms with Gasteiger partial charge in [0.15, 0.2) is 11.5 Å². The molecule has 1 aliphatic carbocycles. The summed E-state index contributed by atoms with van der Waals surface area (Å²) in [5, 5.41) is 0. The van der Waals surface area contributed by atoms with Crippen LogP contribution in [0.25, 0.3) is 0 Å². The van der Waals surface area contributed by atoms with Crippen LogP contribution < -0.4 is 15.2 Å². The van der Waals surface area contributed by atoms with Gasteiger partial charge < -0.3 is 15.2 Å². The van der Waals surface area contributed by atoms with Gasteiger partial charge in [0, 0.05) is 6.04 Å². The van der Waals surface area contributed by atoms with E-state index in [4.69, 9.17) is 15.2 Å². The minimum Gasteiger partial charge on any atom is -0.486 e. The van der Waals surface area contributed by atoms with E-state index in [0.29, 0.717) is 19.1 Å². The second-order valence-electron chi connectivity index (χ2n) is 4.97. The molecule has 0 saturated heterocycles. The number of rotatable bonds is 2. The third-order valence-corrected chi connectivity index (χ3v) is 3.86. The first-order valence-corrected chi connectivity index (χ1v) is 6.50. The molecule has 0 bridgehead atoms. The van der Waals surface area contributed by atoms with Crippen molar-refractivity contribution in [3.63, 3.8) is 0 Å². The predicted octanol–water partition coefficient (Wildman–Crippen LogP) is 3.07. The molecule has 1 aromatic carbocycles. The molecule has 1 aliphatic heterocycles. The summed E-state index contributed by atoms with van der Waals surface area (Å²) in [6.45, 7) is 1.27. The van der Waals surface area contributed by atoms with Gasteiger partial charge >= 0.3 is 0 Å². The highest BCUT2D eigenvalue weighted by Crippen LogP contribution is 2.38. The summed E-state index contributed by atoms with van der Waals surface area (Å²) in [7, 11) is 0. The van der Waals surface area contributed by atoms with E-state index in [1.807, 2.05) is 6.07 Å². The first-order valence-electron chi connectivity index (χ1n) is 6.50. The normalized spacial score (nSPS) is 20.3. The molecule has 3 nitrogen and oxygen atoms in total. The lowest BCUT2D eigenvalue weighted by Gasteiger charge is -2.23. The molecule has 2 aliphatic rings. The monoisotopic (exact) mass is 269 g/mol. The SMILES string of the molecule is Cl.N[C@@H](c1ccc2c(c1)OCCO2)C1CCCC1. The zero-order valence-corrected chi connectivity index (χ0v) is 11.2. The lowest BCUT2D eigenvalue weighted by atomic mass is 9.92. The summed E-state index contributed by atoms with van der Waals surface area (Å²) in [5.74, 6) is 2.33. The van der Waals surface area contributed by atoms with Crippen molar-refractivity contribution in [1.82, 2.24) is 0 Å². The maximum absolute atomic E-state index is 6.34. The number of halogens is 1. The number of ether oxygens (including phenoxy) is 2. The fourth-order valence-electron chi connectivity index (χ4n) is 2.86. The molecule has 4 heteroatoms. The van der Waals surface area contributed by atoms with E-state index < -0.39 is 0 Å². The fraction of sp³-hybridized carbons (Fsp3) is 0.571. The van der Waals surface area contributed by atoms with Crippen LogP contribution in [0.15, 0.2) is 18.2 Å². The first-order chi connectivity index (χ1) is 8.34. The van der Waals surface area contributed by atoms with Gasteiger partial charge in [-0.05, 0) is 36.5 Å². The Morgan fingerprint density at radius 3 is 2.44 bits per heavy atom. The Bertz CT molecular complexity index is 405. The second-order valence-corrected chi connectivity index (χ2v) is 4.97. The third kappa shape index (κ3) is 2.57. The maximum Gasteiger partial charge on any atom is 0.161 e. The molecular weight excluding hydrogens is 250 g/mol. The van der Waals surface area contributed by atoms with Gasteiger partial charge in [-0.25, -0.2) is 0 Å². The zero-order chi connectivity index (χ0) is 11.7. The van der Waals surface area contributed by atoms with E-state index in [9.17, 15) is 0 Å². The Hall–Kier alpha value is -0.930. The van der Waals surface area contributed by atoms with Gasteiger partial charge in [-0.3, -0.25) is 0 Å². The van der Waals surface area contributed by atoms with E-state index >= 15 is 0 Å². The zero-order valence-electron chi connectivity index (χ0n) is 10.4. The Morgan fingerprint density at radius 1 is 1.06 bits per heavy atom. The van der Waals surface area contributed by atoms with Crippen LogP contribution in [0.3, 0.4) is 0 Å². The van der Waals surface area contributed by atoms with Gasteiger partial charge in [-0.1, -0.05) is 18.9 Å². The Morgan fingerprint density at radius 2 is 1.72 bits per heavy atom. The molecule has 100 valence electrons. The van der Waals surface area contributed by atoms with Crippen LogP contribution in [-0.2, 0) is 0 Å². The van der Waals surface area contributed by atoms with Crippen molar-refractivity contribution in [2.24, 2.45) is 11.7 Å². The molecule has 1 heterocycles. The van der Waals surface area contributed by atoms with Gasteiger partial charge in [-0.15, -0.1) is 12.4 Å². The average molecular weight is 270 g/mol. The van der Waals surface area contributed by atoms with Crippen LogP contribution in [0.4, 0.5) is 0 Å². The molecule has 2 N–H and O–H groups in total. The van der Waals surface area contributed by atoms with E-state index in [0.717, 1.165) is 11.5 Å². The highest BCUT2D eigenvalue weighted by molar-refractivity contribution is 5.85. The first kappa shape index (κ1) is 13.5. The average Bonchev–Trinajstić information content (AvgIpc) is 2.91. The largest absolute Gasteiger partial charge is 0.486 e. The molecule has 1 atom stereocenters. The summed E-state index contributed by atoms with van der Waals surface area (Å²) in [4.78, 5) is 0. The van der Waals surface area contributed by atoms with E-state index in [2.05, 4.69) is 12.1 Å². The minimum absolute atomic E-state index is 0. The molecule has 1 saturated carbocycles. The fourth-order valence-corrected chi connectivity index (χ4v) is 2.86. The number of fused-ring (bicyclic) bond motifs is 1. The van der Waals surface area contributed by atoms with Crippen molar-refractivity contribution in [3.8, 4) is 11.5 Å². The Labute approximate surface area is 114 Å². The topological polar surface area (TPSA) is 44.5 Å². The molecule has 0 unspecified atom stereocenters. The smallest absolute Gasteiger partial charge is 0.161 e. The van der Waals surface area contributed by atoms with Crippen molar-refractivity contribution in [1.29, 1.82) is 0 Å². The molecule has 1 fully saturated rings. The molecule has 0 spiro atoms. The molecule has 18 heavy (non-hydrogen) atoms. The van der Waals surface area contributed by atoms with Crippen LogP contribution in [-0.4, -0.2) is 13.2 Å². The van der Waals surface area contributed by atoms with Gasteiger partial charge in [0.2, 0.25) is 0 Å². The molecule has 0 radical (unpaired) electrons. The predicted molar refractivity (Wildman–Crippen MR) is 73.6 cm³/mol. The molecule has 3 rings (SSSR count). The van der Waals surface area contributed by atoms with E-state index in [1.54, 1.807) is 0 Å². The number of nitrogens with two attached hydrogens (primary N) is 1. The third-order valence-electron chi connectivity index (χ3n) is 3.86. The maximum atomic E-state index is 6.34. The molecular formula is C14H20ClNO2. The highest BCUT2D eigenvalue weighted by Gasteiger charge is 2.24. The van der Waals surface area contributed by atoms with Crippen LogP contribution in [0.1, 0.15) is 37.3 Å². The van der Waals surface area contributed by atoms with Crippen LogP contribution in [0, 0.1) is 5.92 Å². The van der Waals surface area contributed by atoms with E-state index in [-0.39, 0.29) is 18.4 Å². The van der Waals surface area contributed by atoms with Crippen LogP contribution in [0.2, 0.25) is 0 Å². The summed E-state index contributed by atoms with van der Waals surface area (Å²) < 4.78 is 11.1. The Balaban J connectivity index is 0.00000120. The molecule has 1 aromatic rings. The van der Waals surface area contributed by atoms with Crippen LogP contribution in [0.5, 0.6) is 11.5 Å². The quantitative estimate of drug-likeness (QED) is 0.897. The second kappa shape index (κ2) is 5.81. The molecule has 0 amide bonds. The van der Waals surface area contributed by atoms with Gasteiger partial charge in [0.25, 0.3) is 0 Å². The van der Waals surface area contributed by atoms with Crippen molar-refractivity contribution in [2.45, 2.75) is 31.7 Å². The van der Waals surface area contributed by atoms with Crippen molar-refractivity contribution < 1.29 is 9.47 Å². The van der Waals surface area contributed by atoms with E-state index in [1.165, 1.54) is 31.2 Å². The van der Waals surface area contributed by atoms with Gasteiger partial charge in [0.05, 0.1) is 0 Å². The van der Waals surface area contributed by atoms with Gasteiger partial charge in [0.1, 0.15) is 13.2 Å². The Kier molecular flexibility index (Phi) is 4.36.